The van der Waals surface area contributed by atoms with Crippen LogP contribution < -0.4 is 11.1 Å². The van der Waals surface area contributed by atoms with Crippen LogP contribution >= 0.6 is 0 Å². The molecule has 0 atom stereocenters. The van der Waals surface area contributed by atoms with Gasteiger partial charge in [-0.05, 0) is 37.5 Å². The van der Waals surface area contributed by atoms with Gasteiger partial charge in [0, 0.05) is 20.3 Å². The molecule has 0 radical (unpaired) electrons. The molecule has 2 aliphatic rings. The maximum Gasteiger partial charge on any atom is 0.233 e. The van der Waals surface area contributed by atoms with E-state index >= 15 is 0 Å². The third-order valence-corrected chi connectivity index (χ3v) is 4.20. The molecule has 4 N–H and O–H groups in total. The van der Waals surface area contributed by atoms with E-state index in [1.54, 1.807) is 7.11 Å². The van der Waals surface area contributed by atoms with Crippen molar-refractivity contribution >= 4 is 11.7 Å². The van der Waals surface area contributed by atoms with Crippen LogP contribution in [0.4, 0.5) is 0 Å². The number of carbonyl (C=O) groups is 1. The smallest absolute Gasteiger partial charge is 0.233 e. The minimum Gasteiger partial charge on any atom is -0.409 e. The Hall–Kier alpha value is -1.30. The average Bonchev–Trinajstić information content (AvgIpc) is 3.27. The monoisotopic (exact) mass is 255 g/mol. The van der Waals surface area contributed by atoms with Gasteiger partial charge in [-0.1, -0.05) is 5.16 Å². The fraction of sp³-hybridized carbons (Fsp3) is 0.833. The van der Waals surface area contributed by atoms with E-state index in [4.69, 9.17) is 15.7 Å². The van der Waals surface area contributed by atoms with Gasteiger partial charge < -0.3 is 21.0 Å². The van der Waals surface area contributed by atoms with Gasteiger partial charge in [-0.15, -0.1) is 0 Å². The first-order valence-corrected chi connectivity index (χ1v) is 6.34. The molecule has 0 saturated heterocycles. The normalized spacial score (nSPS) is 23.5. The standard InChI is InChI=1S/C12H21N3O3/c1-18-7-6-11(2-3-11)8-14-10(16)12(4-5-12)9(13)15-17/h17H,2-8H2,1H3,(H2,13,15)(H,14,16). The quantitative estimate of drug-likeness (QED) is 0.266. The van der Waals surface area contributed by atoms with Gasteiger partial charge in [0.25, 0.3) is 0 Å². The lowest BCUT2D eigenvalue weighted by molar-refractivity contribution is -0.124. The van der Waals surface area contributed by atoms with E-state index in [9.17, 15) is 4.79 Å². The minimum atomic E-state index is -0.744. The van der Waals surface area contributed by atoms with E-state index in [2.05, 4.69) is 10.5 Å². The molecule has 2 fully saturated rings. The first-order valence-electron chi connectivity index (χ1n) is 6.34. The molecule has 102 valence electrons. The summed E-state index contributed by atoms with van der Waals surface area (Å²) >= 11 is 0. The molecule has 18 heavy (non-hydrogen) atoms. The third kappa shape index (κ3) is 2.43. The lowest BCUT2D eigenvalue weighted by atomic mass is 10.0. The number of hydrogen-bond donors (Lipinski definition) is 3. The lowest BCUT2D eigenvalue weighted by Crippen LogP contribution is -2.42. The highest BCUT2D eigenvalue weighted by Gasteiger charge is 2.55. The molecule has 0 bridgehead atoms. The zero-order chi connectivity index (χ0) is 13.2. The Kier molecular flexibility index (Phi) is 3.47. The van der Waals surface area contributed by atoms with Crippen molar-refractivity contribution in [1.82, 2.24) is 5.32 Å². The number of methoxy groups -OCH3 is 1. The van der Waals surface area contributed by atoms with Crippen molar-refractivity contribution in [3.8, 4) is 0 Å². The number of oxime groups is 1. The lowest BCUT2D eigenvalue weighted by Gasteiger charge is -2.18. The Bertz CT molecular complexity index is 360. The van der Waals surface area contributed by atoms with E-state index in [0.717, 1.165) is 25.9 Å². The van der Waals surface area contributed by atoms with E-state index in [1.165, 1.54) is 0 Å². The molecule has 2 rings (SSSR count). The SMILES string of the molecule is COCCC1(CNC(=O)C2(C(N)=NO)CC2)CC1. The molecule has 0 heterocycles. The van der Waals surface area contributed by atoms with Crippen LogP contribution in [0, 0.1) is 10.8 Å². The van der Waals surface area contributed by atoms with E-state index in [1.807, 2.05) is 0 Å². The predicted molar refractivity (Wildman–Crippen MR) is 66.2 cm³/mol. The number of ether oxygens (including phenoxy) is 1. The Morgan fingerprint density at radius 2 is 2.11 bits per heavy atom. The van der Waals surface area contributed by atoms with Crippen molar-refractivity contribution in [1.29, 1.82) is 0 Å². The molecule has 0 aliphatic heterocycles. The van der Waals surface area contributed by atoms with Crippen LogP contribution in [0.25, 0.3) is 0 Å². The molecule has 2 saturated carbocycles. The summed E-state index contributed by atoms with van der Waals surface area (Å²) in [6.45, 7) is 1.39. The van der Waals surface area contributed by atoms with Gasteiger partial charge in [-0.2, -0.15) is 0 Å². The highest BCUT2D eigenvalue weighted by atomic mass is 16.5. The van der Waals surface area contributed by atoms with Crippen molar-refractivity contribution in [2.45, 2.75) is 32.1 Å². The van der Waals surface area contributed by atoms with Gasteiger partial charge in [-0.3, -0.25) is 4.79 Å². The molecule has 0 spiro atoms. The average molecular weight is 255 g/mol. The molecule has 6 heteroatoms. The first kappa shape index (κ1) is 13.1. The van der Waals surface area contributed by atoms with Crippen molar-refractivity contribution in [2.24, 2.45) is 21.7 Å². The van der Waals surface area contributed by atoms with Gasteiger partial charge in [0.05, 0.1) is 0 Å². The number of nitrogens with two attached hydrogens (primary N) is 1. The number of nitrogens with one attached hydrogen (secondary N) is 1. The molecule has 0 aromatic carbocycles. The highest BCUT2D eigenvalue weighted by molar-refractivity contribution is 6.09. The van der Waals surface area contributed by atoms with E-state index < -0.39 is 5.41 Å². The summed E-state index contributed by atoms with van der Waals surface area (Å²) in [5, 5.41) is 14.6. The van der Waals surface area contributed by atoms with Crippen molar-refractivity contribution < 1.29 is 14.7 Å². The Balaban J connectivity index is 1.82. The number of rotatable bonds is 7. The van der Waals surface area contributed by atoms with Crippen molar-refractivity contribution in [3.05, 3.63) is 0 Å². The van der Waals surface area contributed by atoms with Crippen molar-refractivity contribution in [3.63, 3.8) is 0 Å². The third-order valence-electron chi connectivity index (χ3n) is 4.20. The Labute approximate surface area is 107 Å². The number of hydrogen-bond acceptors (Lipinski definition) is 4. The summed E-state index contributed by atoms with van der Waals surface area (Å²) in [6.07, 6.45) is 4.57. The summed E-state index contributed by atoms with van der Waals surface area (Å²) < 4.78 is 5.07. The van der Waals surface area contributed by atoms with Crippen molar-refractivity contribution in [2.75, 3.05) is 20.3 Å². The van der Waals surface area contributed by atoms with Crippen LogP contribution in [-0.2, 0) is 9.53 Å². The van der Waals surface area contributed by atoms with Gasteiger partial charge in [0.15, 0.2) is 5.84 Å². The van der Waals surface area contributed by atoms with Gasteiger partial charge >= 0.3 is 0 Å². The topological polar surface area (TPSA) is 96.9 Å². The Morgan fingerprint density at radius 3 is 2.56 bits per heavy atom. The van der Waals surface area contributed by atoms with Crippen LogP contribution in [-0.4, -0.2) is 37.2 Å². The summed E-state index contributed by atoms with van der Waals surface area (Å²) in [4.78, 5) is 12.1. The molecule has 1 amide bonds. The fourth-order valence-corrected chi connectivity index (χ4v) is 2.27. The molecule has 0 aromatic heterocycles. The molecule has 6 nitrogen and oxygen atoms in total. The van der Waals surface area contributed by atoms with Crippen LogP contribution in [0.15, 0.2) is 5.16 Å². The molecule has 0 aromatic rings. The van der Waals surface area contributed by atoms with Gasteiger partial charge in [0.2, 0.25) is 5.91 Å². The maximum atomic E-state index is 12.1. The zero-order valence-corrected chi connectivity index (χ0v) is 10.7. The fourth-order valence-electron chi connectivity index (χ4n) is 2.27. The molecule has 0 unspecified atom stereocenters. The minimum absolute atomic E-state index is 0.0294. The number of nitrogens with zero attached hydrogens (tertiary/aromatic N) is 1. The zero-order valence-electron chi connectivity index (χ0n) is 10.7. The summed E-state index contributed by atoms with van der Waals surface area (Å²) in [5.41, 5.74) is 5.04. The Morgan fingerprint density at radius 1 is 1.44 bits per heavy atom. The van der Waals surface area contributed by atoms with E-state index in [-0.39, 0.29) is 17.2 Å². The largest absolute Gasteiger partial charge is 0.409 e. The molecular weight excluding hydrogens is 234 g/mol. The number of carbonyl (C=O) groups excluding carboxylic acids is 1. The second kappa shape index (κ2) is 4.76. The van der Waals surface area contributed by atoms with E-state index in [0.29, 0.717) is 19.4 Å². The molecule has 2 aliphatic carbocycles. The summed E-state index contributed by atoms with van der Waals surface area (Å²) in [5.74, 6) is -0.0803. The number of amidine groups is 1. The second-order valence-corrected chi connectivity index (χ2v) is 5.49. The van der Waals surface area contributed by atoms with Crippen LogP contribution in [0.5, 0.6) is 0 Å². The first-order chi connectivity index (χ1) is 8.58. The number of amides is 1. The second-order valence-electron chi connectivity index (χ2n) is 5.49. The summed E-state index contributed by atoms with van der Waals surface area (Å²) in [6, 6.07) is 0. The van der Waals surface area contributed by atoms with Gasteiger partial charge in [-0.25, -0.2) is 0 Å². The maximum absolute atomic E-state index is 12.1. The summed E-state index contributed by atoms with van der Waals surface area (Å²) in [7, 11) is 1.69. The van der Waals surface area contributed by atoms with Crippen LogP contribution in [0.1, 0.15) is 32.1 Å². The van der Waals surface area contributed by atoms with Gasteiger partial charge in [0.1, 0.15) is 5.41 Å². The van der Waals surface area contributed by atoms with Crippen LogP contribution in [0.2, 0.25) is 0 Å². The predicted octanol–water partition coefficient (Wildman–Crippen LogP) is 0.446. The molecular formula is C12H21N3O3. The highest BCUT2D eigenvalue weighted by Crippen LogP contribution is 2.49. The van der Waals surface area contributed by atoms with Crippen LogP contribution in [0.3, 0.4) is 0 Å².